The van der Waals surface area contributed by atoms with Gasteiger partial charge in [-0.15, -0.1) is 0 Å². The van der Waals surface area contributed by atoms with Crippen molar-refractivity contribution in [3.63, 3.8) is 0 Å². The van der Waals surface area contributed by atoms with Gasteiger partial charge in [0.1, 0.15) is 0 Å². The van der Waals surface area contributed by atoms with E-state index in [0.29, 0.717) is 5.92 Å². The Kier molecular flexibility index (Phi) is 5.73. The van der Waals surface area contributed by atoms with E-state index >= 15 is 0 Å². The number of aryl methyl sites for hydroxylation is 2. The summed E-state index contributed by atoms with van der Waals surface area (Å²) in [4.78, 5) is 0. The van der Waals surface area contributed by atoms with E-state index in [9.17, 15) is 0 Å². The van der Waals surface area contributed by atoms with Crippen LogP contribution in [0.1, 0.15) is 25.2 Å². The first-order chi connectivity index (χ1) is 7.88. The molecule has 0 aliphatic heterocycles. The van der Waals surface area contributed by atoms with Crippen molar-refractivity contribution in [3.8, 4) is 0 Å². The van der Waals surface area contributed by atoms with Crippen molar-refractivity contribution in [1.82, 2.24) is 9.78 Å². The smallest absolute Gasteiger partial charge is 0.0738 e. The minimum atomic E-state index is 0.225. The Hall–Kier alpha value is 0.650. The van der Waals surface area contributed by atoms with E-state index < -0.39 is 0 Å². The summed E-state index contributed by atoms with van der Waals surface area (Å²) in [6, 6.07) is 0. The summed E-state index contributed by atoms with van der Waals surface area (Å²) in [5.41, 5.74) is 2.56. The number of rotatable bonds is 5. The van der Waals surface area contributed by atoms with Crippen LogP contribution in [0.2, 0.25) is 0 Å². The molecule has 0 fully saturated rings. The van der Waals surface area contributed by atoms with Gasteiger partial charge in [-0.05, 0) is 40.6 Å². The molecule has 0 spiro atoms. The van der Waals surface area contributed by atoms with Crippen LogP contribution in [-0.4, -0.2) is 20.4 Å². The number of halogens is 3. The summed E-state index contributed by atoms with van der Waals surface area (Å²) in [5.74, 6) is 0.600. The molecular weight excluding hydrogens is 412 g/mol. The Balaban J connectivity index is 3.10. The highest BCUT2D eigenvalue weighted by atomic mass is 79.9. The van der Waals surface area contributed by atoms with Gasteiger partial charge in [0, 0.05) is 17.7 Å². The largest absolute Gasteiger partial charge is 0.271 e. The highest BCUT2D eigenvalue weighted by Gasteiger charge is 2.34. The van der Waals surface area contributed by atoms with Crippen molar-refractivity contribution in [1.29, 1.82) is 0 Å². The summed E-state index contributed by atoms with van der Waals surface area (Å²) in [6.07, 6.45) is 1.01. The van der Waals surface area contributed by atoms with Crippen LogP contribution in [0.15, 0.2) is 4.47 Å². The fourth-order valence-electron chi connectivity index (χ4n) is 1.85. The van der Waals surface area contributed by atoms with Crippen LogP contribution in [0.4, 0.5) is 0 Å². The van der Waals surface area contributed by atoms with E-state index in [1.165, 1.54) is 5.69 Å². The molecule has 0 atom stereocenters. The molecular formula is C12H19Br3N2. The molecule has 0 aliphatic rings. The van der Waals surface area contributed by atoms with Crippen molar-refractivity contribution in [2.45, 2.75) is 27.2 Å². The topological polar surface area (TPSA) is 17.8 Å². The van der Waals surface area contributed by atoms with Gasteiger partial charge < -0.3 is 0 Å². The van der Waals surface area contributed by atoms with Crippen LogP contribution in [-0.2, 0) is 13.5 Å². The van der Waals surface area contributed by atoms with Gasteiger partial charge in [-0.25, -0.2) is 0 Å². The van der Waals surface area contributed by atoms with Crippen LogP contribution in [0, 0.1) is 18.3 Å². The lowest BCUT2D eigenvalue weighted by atomic mass is 9.77. The zero-order valence-electron chi connectivity index (χ0n) is 10.7. The number of hydrogen-bond acceptors (Lipinski definition) is 1. The quantitative estimate of drug-likeness (QED) is 0.630. The zero-order chi connectivity index (χ0) is 13.2. The predicted molar refractivity (Wildman–Crippen MR) is 84.2 cm³/mol. The third-order valence-corrected chi connectivity index (χ3v) is 6.80. The third-order valence-electron chi connectivity index (χ3n) is 3.54. The van der Waals surface area contributed by atoms with Gasteiger partial charge in [-0.1, -0.05) is 45.7 Å². The molecule has 98 valence electrons. The molecule has 2 nitrogen and oxygen atoms in total. The van der Waals surface area contributed by atoms with E-state index in [1.54, 1.807) is 0 Å². The predicted octanol–water partition coefficient (Wildman–Crippen LogP) is 4.47. The summed E-state index contributed by atoms with van der Waals surface area (Å²) >= 11 is 11.0. The maximum atomic E-state index is 4.46. The van der Waals surface area contributed by atoms with E-state index in [1.807, 2.05) is 18.7 Å². The Labute approximate surface area is 129 Å². The van der Waals surface area contributed by atoms with Crippen molar-refractivity contribution in [2.24, 2.45) is 18.4 Å². The normalized spacial score (nSPS) is 12.5. The van der Waals surface area contributed by atoms with E-state index in [2.05, 4.69) is 66.7 Å². The Morgan fingerprint density at radius 2 is 1.82 bits per heavy atom. The van der Waals surface area contributed by atoms with Crippen molar-refractivity contribution >= 4 is 47.8 Å². The second kappa shape index (κ2) is 6.20. The van der Waals surface area contributed by atoms with Crippen LogP contribution < -0.4 is 0 Å². The standard InChI is InChI=1S/C12H19Br3N2/c1-8(2)12(6-13,7-14)5-10-11(15)9(3)16-17(10)4/h8H,5-7H2,1-4H3. The maximum absolute atomic E-state index is 4.46. The Morgan fingerprint density at radius 1 is 1.29 bits per heavy atom. The van der Waals surface area contributed by atoms with E-state index in [0.717, 1.165) is 27.2 Å². The number of nitrogens with zero attached hydrogens (tertiary/aromatic N) is 2. The molecule has 0 saturated carbocycles. The van der Waals surface area contributed by atoms with Gasteiger partial charge in [0.25, 0.3) is 0 Å². The molecule has 1 aromatic heterocycles. The molecule has 1 heterocycles. The average molecular weight is 431 g/mol. The monoisotopic (exact) mass is 428 g/mol. The van der Waals surface area contributed by atoms with Gasteiger partial charge in [0.2, 0.25) is 0 Å². The second-order valence-corrected chi connectivity index (χ2v) is 6.85. The van der Waals surface area contributed by atoms with Crippen LogP contribution >= 0.6 is 47.8 Å². The van der Waals surface area contributed by atoms with Crippen LogP contribution in [0.5, 0.6) is 0 Å². The maximum Gasteiger partial charge on any atom is 0.0738 e. The number of hydrogen-bond donors (Lipinski definition) is 0. The summed E-state index contributed by atoms with van der Waals surface area (Å²) in [6.45, 7) is 6.59. The first-order valence-electron chi connectivity index (χ1n) is 5.68. The van der Waals surface area contributed by atoms with Crippen LogP contribution in [0.3, 0.4) is 0 Å². The average Bonchev–Trinajstić information content (AvgIpc) is 2.51. The summed E-state index contributed by atoms with van der Waals surface area (Å²) < 4.78 is 3.13. The second-order valence-electron chi connectivity index (χ2n) is 4.93. The number of aromatic nitrogens is 2. The van der Waals surface area contributed by atoms with Crippen LogP contribution in [0.25, 0.3) is 0 Å². The van der Waals surface area contributed by atoms with Crippen molar-refractivity contribution in [2.75, 3.05) is 10.7 Å². The molecule has 1 aromatic rings. The molecule has 5 heteroatoms. The first-order valence-corrected chi connectivity index (χ1v) is 8.71. The first kappa shape index (κ1) is 15.7. The third kappa shape index (κ3) is 3.16. The van der Waals surface area contributed by atoms with Gasteiger partial charge >= 0.3 is 0 Å². The minimum absolute atomic E-state index is 0.225. The molecule has 0 bridgehead atoms. The van der Waals surface area contributed by atoms with E-state index in [-0.39, 0.29) is 5.41 Å². The SMILES string of the molecule is Cc1nn(C)c(CC(CBr)(CBr)C(C)C)c1Br. The van der Waals surface area contributed by atoms with Crippen molar-refractivity contribution in [3.05, 3.63) is 15.9 Å². The lowest BCUT2D eigenvalue weighted by Gasteiger charge is -2.34. The molecule has 0 aliphatic carbocycles. The van der Waals surface area contributed by atoms with Crippen molar-refractivity contribution < 1.29 is 0 Å². The fraction of sp³-hybridized carbons (Fsp3) is 0.750. The minimum Gasteiger partial charge on any atom is -0.271 e. The van der Waals surface area contributed by atoms with Gasteiger partial charge in [-0.2, -0.15) is 5.10 Å². The van der Waals surface area contributed by atoms with Gasteiger partial charge in [0.05, 0.1) is 15.9 Å². The summed E-state index contributed by atoms with van der Waals surface area (Å²) in [5, 5.41) is 6.43. The highest BCUT2D eigenvalue weighted by Crippen LogP contribution is 2.37. The molecule has 0 aromatic carbocycles. The molecule has 1 rings (SSSR count). The molecule has 0 saturated heterocycles. The zero-order valence-corrected chi connectivity index (χ0v) is 15.5. The number of alkyl halides is 2. The Bertz CT molecular complexity index is 381. The highest BCUT2D eigenvalue weighted by molar-refractivity contribution is 9.10. The van der Waals surface area contributed by atoms with Gasteiger partial charge in [0.15, 0.2) is 0 Å². The molecule has 0 amide bonds. The Morgan fingerprint density at radius 3 is 2.12 bits per heavy atom. The molecule has 17 heavy (non-hydrogen) atoms. The lowest BCUT2D eigenvalue weighted by molar-refractivity contribution is 0.261. The molecule has 0 unspecified atom stereocenters. The molecule has 0 radical (unpaired) electrons. The summed E-state index contributed by atoms with van der Waals surface area (Å²) in [7, 11) is 2.01. The van der Waals surface area contributed by atoms with E-state index in [4.69, 9.17) is 0 Å². The fourth-order valence-corrected chi connectivity index (χ4v) is 4.94. The molecule has 0 N–H and O–H groups in total. The lowest BCUT2D eigenvalue weighted by Crippen LogP contribution is -2.34. The van der Waals surface area contributed by atoms with Gasteiger partial charge in [-0.3, -0.25) is 4.68 Å².